The second-order valence-corrected chi connectivity index (χ2v) is 16.6. The zero-order chi connectivity index (χ0) is 40.6. The molecule has 0 bridgehead atoms. The van der Waals surface area contributed by atoms with Gasteiger partial charge in [0.05, 0.1) is 0 Å². The van der Waals surface area contributed by atoms with Crippen molar-refractivity contribution < 1.29 is 0 Å². The van der Waals surface area contributed by atoms with Crippen LogP contribution in [0.2, 0.25) is 0 Å². The van der Waals surface area contributed by atoms with Crippen LogP contribution in [-0.4, -0.2) is 0 Å². The van der Waals surface area contributed by atoms with Gasteiger partial charge in [-0.05, 0) is 165 Å². The van der Waals surface area contributed by atoms with E-state index in [2.05, 4.69) is 231 Å². The van der Waals surface area contributed by atoms with Crippen molar-refractivity contribution in [3.63, 3.8) is 0 Å². The fourth-order valence-corrected chi connectivity index (χ4v) is 10.3. The van der Waals surface area contributed by atoms with Gasteiger partial charge >= 0.3 is 0 Å². The van der Waals surface area contributed by atoms with Crippen LogP contribution < -0.4 is 4.90 Å². The number of anilines is 3. The van der Waals surface area contributed by atoms with Gasteiger partial charge in [0.15, 0.2) is 0 Å². The topological polar surface area (TPSA) is 3.24 Å². The number of benzene rings is 12. The zero-order valence-corrected chi connectivity index (χ0v) is 34.2. The number of aryl methyl sites for hydroxylation is 2. The van der Waals surface area contributed by atoms with Crippen LogP contribution in [0.25, 0.3) is 98.0 Å². The minimum atomic E-state index is 1.12. The Morgan fingerprint density at radius 2 is 0.787 bits per heavy atom. The van der Waals surface area contributed by atoms with Crippen molar-refractivity contribution in [1.82, 2.24) is 0 Å². The molecule has 0 heterocycles. The van der Waals surface area contributed by atoms with E-state index in [0.29, 0.717) is 0 Å². The summed E-state index contributed by atoms with van der Waals surface area (Å²) >= 11 is 0. The molecule has 0 fully saturated rings. The molecule has 1 heteroatoms. The average molecular weight is 776 g/mol. The van der Waals surface area contributed by atoms with Gasteiger partial charge in [-0.1, -0.05) is 170 Å². The summed E-state index contributed by atoms with van der Waals surface area (Å²) in [6, 6.07) is 79.0. The van der Waals surface area contributed by atoms with E-state index in [1.165, 1.54) is 109 Å². The first-order chi connectivity index (χ1) is 30.1. The molecule has 12 aromatic carbocycles. The Bertz CT molecular complexity index is 3560. The van der Waals surface area contributed by atoms with Gasteiger partial charge in [0.25, 0.3) is 0 Å². The number of hydrogen-bond donors (Lipinski definition) is 0. The molecule has 0 aromatic heterocycles. The second-order valence-electron chi connectivity index (χ2n) is 16.6. The lowest BCUT2D eigenvalue weighted by molar-refractivity contribution is 1.26. The Labute approximate surface area is 355 Å². The first-order valence-corrected chi connectivity index (χ1v) is 21.2. The number of nitrogens with zero attached hydrogens (tertiary/aromatic N) is 1. The van der Waals surface area contributed by atoms with Gasteiger partial charge in [-0.3, -0.25) is 0 Å². The third kappa shape index (κ3) is 5.69. The van der Waals surface area contributed by atoms with E-state index in [4.69, 9.17) is 0 Å². The third-order valence-electron chi connectivity index (χ3n) is 12.7. The van der Waals surface area contributed by atoms with Crippen LogP contribution in [0.15, 0.2) is 212 Å². The molecule has 12 aromatic rings. The predicted molar refractivity (Wildman–Crippen MR) is 263 cm³/mol. The van der Waals surface area contributed by atoms with Crippen LogP contribution in [0.5, 0.6) is 0 Å². The monoisotopic (exact) mass is 775 g/mol. The van der Waals surface area contributed by atoms with Crippen molar-refractivity contribution >= 4 is 81.7 Å². The smallest absolute Gasteiger partial charge is 0.0473 e. The predicted octanol–water partition coefficient (Wildman–Crippen LogP) is 17.1. The Balaban J connectivity index is 1.21. The fraction of sp³-hybridized carbons (Fsp3) is 0.0333. The summed E-state index contributed by atoms with van der Waals surface area (Å²) in [4.78, 5) is 2.47. The highest BCUT2D eigenvalue weighted by molar-refractivity contribution is 6.33. The second kappa shape index (κ2) is 13.9. The maximum Gasteiger partial charge on any atom is 0.0473 e. The Hall–Kier alpha value is -7.74. The van der Waals surface area contributed by atoms with Gasteiger partial charge in [-0.25, -0.2) is 0 Å². The molecule has 12 rings (SSSR count). The van der Waals surface area contributed by atoms with Crippen LogP contribution in [-0.2, 0) is 0 Å². The van der Waals surface area contributed by atoms with E-state index in [-0.39, 0.29) is 0 Å². The van der Waals surface area contributed by atoms with E-state index in [1.807, 2.05) is 0 Å². The van der Waals surface area contributed by atoms with Gasteiger partial charge in [0, 0.05) is 17.1 Å². The summed E-state index contributed by atoms with van der Waals surface area (Å²) in [7, 11) is 0. The maximum atomic E-state index is 2.47. The first kappa shape index (κ1) is 35.2. The van der Waals surface area contributed by atoms with Crippen LogP contribution in [0.4, 0.5) is 17.1 Å². The molecule has 0 aliphatic carbocycles. The molecular weight excluding hydrogens is 735 g/mol. The molecule has 61 heavy (non-hydrogen) atoms. The third-order valence-corrected chi connectivity index (χ3v) is 12.7. The molecule has 0 amide bonds. The minimum Gasteiger partial charge on any atom is -0.310 e. The highest BCUT2D eigenvalue weighted by Crippen LogP contribution is 2.50. The van der Waals surface area contributed by atoms with Crippen LogP contribution in [0.3, 0.4) is 0 Å². The quantitative estimate of drug-likeness (QED) is 0.152. The Morgan fingerprint density at radius 3 is 1.43 bits per heavy atom. The van der Waals surface area contributed by atoms with E-state index in [0.717, 1.165) is 17.1 Å². The highest BCUT2D eigenvalue weighted by atomic mass is 15.1. The molecule has 0 aliphatic heterocycles. The lowest BCUT2D eigenvalue weighted by atomic mass is 9.81. The van der Waals surface area contributed by atoms with Crippen molar-refractivity contribution in [3.8, 4) is 33.4 Å². The first-order valence-electron chi connectivity index (χ1n) is 21.2. The molecule has 0 saturated heterocycles. The van der Waals surface area contributed by atoms with E-state index in [1.54, 1.807) is 0 Å². The fourth-order valence-electron chi connectivity index (χ4n) is 10.3. The Kier molecular flexibility index (Phi) is 8.05. The molecule has 0 atom stereocenters. The molecular formula is C60H41N. The zero-order valence-electron chi connectivity index (χ0n) is 34.2. The van der Waals surface area contributed by atoms with Crippen molar-refractivity contribution in [1.29, 1.82) is 0 Å². The average Bonchev–Trinajstić information content (AvgIpc) is 3.31. The van der Waals surface area contributed by atoms with Crippen molar-refractivity contribution in [2.24, 2.45) is 0 Å². The molecule has 1 nitrogen and oxygen atoms in total. The SMILES string of the molecule is Cc1cc(C)cc(N(c2cc3ccc4cccc5ccc(c2)c3c45)c2ccc3c(c2)c2ccccc2c2c(-c4ccccc4)cc(-c4ccccc4)c(-c4ccccc4)c32)c1. The van der Waals surface area contributed by atoms with Crippen molar-refractivity contribution in [2.75, 3.05) is 4.90 Å². The van der Waals surface area contributed by atoms with Gasteiger partial charge in [-0.15, -0.1) is 0 Å². The summed E-state index contributed by atoms with van der Waals surface area (Å²) in [6.07, 6.45) is 0. The van der Waals surface area contributed by atoms with Gasteiger partial charge in [0.1, 0.15) is 0 Å². The largest absolute Gasteiger partial charge is 0.310 e. The lowest BCUT2D eigenvalue weighted by Gasteiger charge is -2.28. The van der Waals surface area contributed by atoms with Gasteiger partial charge in [0.2, 0.25) is 0 Å². The summed E-state index contributed by atoms with van der Waals surface area (Å²) in [5, 5.41) is 15.2. The maximum absolute atomic E-state index is 2.47. The molecule has 0 saturated carbocycles. The normalized spacial score (nSPS) is 11.8. The minimum absolute atomic E-state index is 1.12. The summed E-state index contributed by atoms with van der Waals surface area (Å²) in [5.41, 5.74) is 13.2. The number of hydrogen-bond acceptors (Lipinski definition) is 1. The van der Waals surface area contributed by atoms with E-state index >= 15 is 0 Å². The molecule has 0 aliphatic rings. The Morgan fingerprint density at radius 1 is 0.279 bits per heavy atom. The number of fused-ring (bicyclic) bond motifs is 6. The summed E-state index contributed by atoms with van der Waals surface area (Å²) in [6.45, 7) is 4.41. The standard InChI is InChI=1S/C60H41N/c1-38-31-39(2)33-48(32-38)61(49-34-45-27-25-43-21-14-22-44-26-28-46(35-49)57(45)56(43)44)47-29-30-52-55(36-47)50-23-12-13-24-51(50)59-54(41-17-8-4-9-18-41)37-53(40-15-6-3-7-16-40)58(60(52)59)42-19-10-5-11-20-42/h3-37H,1-2H3. The van der Waals surface area contributed by atoms with Gasteiger partial charge < -0.3 is 4.90 Å². The molecule has 0 unspecified atom stereocenters. The lowest BCUT2D eigenvalue weighted by Crippen LogP contribution is -2.11. The van der Waals surface area contributed by atoms with Crippen molar-refractivity contribution in [3.05, 3.63) is 223 Å². The molecule has 0 N–H and O–H groups in total. The molecule has 0 radical (unpaired) electrons. The van der Waals surface area contributed by atoms with Crippen molar-refractivity contribution in [2.45, 2.75) is 13.8 Å². The van der Waals surface area contributed by atoms with E-state index < -0.39 is 0 Å². The molecule has 0 spiro atoms. The highest BCUT2D eigenvalue weighted by Gasteiger charge is 2.23. The van der Waals surface area contributed by atoms with Crippen LogP contribution in [0, 0.1) is 13.8 Å². The van der Waals surface area contributed by atoms with Gasteiger partial charge in [-0.2, -0.15) is 0 Å². The number of rotatable bonds is 6. The molecule has 286 valence electrons. The van der Waals surface area contributed by atoms with E-state index in [9.17, 15) is 0 Å². The van der Waals surface area contributed by atoms with Crippen LogP contribution in [0.1, 0.15) is 11.1 Å². The summed E-state index contributed by atoms with van der Waals surface area (Å²) in [5.74, 6) is 0. The summed E-state index contributed by atoms with van der Waals surface area (Å²) < 4.78 is 0. The van der Waals surface area contributed by atoms with Crippen LogP contribution >= 0.6 is 0 Å².